The Morgan fingerprint density at radius 2 is 2.00 bits per heavy atom. The summed E-state index contributed by atoms with van der Waals surface area (Å²) in [6.07, 6.45) is 7.18. The quantitative estimate of drug-likeness (QED) is 0.735. The largest absolute Gasteiger partial charge is 0.381 e. The van der Waals surface area contributed by atoms with Gasteiger partial charge in [0.05, 0.1) is 6.10 Å². The molecule has 0 saturated heterocycles. The molecule has 0 heterocycles. The summed E-state index contributed by atoms with van der Waals surface area (Å²) in [6, 6.07) is 0.611. The zero-order valence-electron chi connectivity index (χ0n) is 9.88. The third-order valence-electron chi connectivity index (χ3n) is 3.21. The topological polar surface area (TPSA) is 21.3 Å². The van der Waals surface area contributed by atoms with Crippen molar-refractivity contribution in [3.63, 3.8) is 0 Å². The fraction of sp³-hybridized carbons (Fsp3) is 1.00. The number of methoxy groups -OCH3 is 1. The van der Waals surface area contributed by atoms with Gasteiger partial charge in [-0.05, 0) is 31.7 Å². The van der Waals surface area contributed by atoms with E-state index in [1.54, 1.807) is 0 Å². The molecule has 0 amide bonds. The molecule has 0 spiro atoms. The Morgan fingerprint density at radius 1 is 1.29 bits per heavy atom. The number of rotatable bonds is 5. The Hall–Kier alpha value is -0.0800. The molecule has 84 valence electrons. The Balaban J connectivity index is 2.19. The normalized spacial score (nSPS) is 28.3. The molecule has 1 aliphatic carbocycles. The molecule has 1 fully saturated rings. The first-order valence-electron chi connectivity index (χ1n) is 6.00. The summed E-state index contributed by atoms with van der Waals surface area (Å²) >= 11 is 0. The molecule has 1 rings (SSSR count). The zero-order valence-corrected chi connectivity index (χ0v) is 9.88. The summed E-state index contributed by atoms with van der Waals surface area (Å²) in [6.45, 7) is 5.55. The average molecular weight is 199 g/mol. The molecule has 0 aromatic rings. The van der Waals surface area contributed by atoms with E-state index < -0.39 is 0 Å². The van der Waals surface area contributed by atoms with Crippen LogP contribution in [0.5, 0.6) is 0 Å². The van der Waals surface area contributed by atoms with Crippen molar-refractivity contribution >= 4 is 0 Å². The fourth-order valence-corrected chi connectivity index (χ4v) is 2.37. The van der Waals surface area contributed by atoms with E-state index in [4.69, 9.17) is 4.74 Å². The summed E-state index contributed by atoms with van der Waals surface area (Å²) in [5.74, 6) is 0.792. The third-order valence-corrected chi connectivity index (χ3v) is 3.21. The van der Waals surface area contributed by atoms with Gasteiger partial charge in [-0.15, -0.1) is 0 Å². The van der Waals surface area contributed by atoms with Gasteiger partial charge in [0.1, 0.15) is 0 Å². The second-order valence-electron chi connectivity index (χ2n) is 4.72. The van der Waals surface area contributed by atoms with Gasteiger partial charge in [-0.25, -0.2) is 0 Å². The van der Waals surface area contributed by atoms with Crippen molar-refractivity contribution < 1.29 is 4.74 Å². The zero-order chi connectivity index (χ0) is 10.4. The van der Waals surface area contributed by atoms with Crippen molar-refractivity contribution in [2.45, 2.75) is 58.1 Å². The van der Waals surface area contributed by atoms with Crippen molar-refractivity contribution in [1.82, 2.24) is 5.32 Å². The molecule has 0 bridgehead atoms. The highest BCUT2D eigenvalue weighted by molar-refractivity contribution is 4.76. The van der Waals surface area contributed by atoms with E-state index in [0.717, 1.165) is 12.5 Å². The predicted molar refractivity (Wildman–Crippen MR) is 60.5 cm³/mol. The summed E-state index contributed by atoms with van der Waals surface area (Å²) in [4.78, 5) is 0. The minimum absolute atomic E-state index is 0.526. The van der Waals surface area contributed by atoms with Gasteiger partial charge in [-0.1, -0.05) is 26.7 Å². The van der Waals surface area contributed by atoms with Gasteiger partial charge in [0.2, 0.25) is 0 Å². The van der Waals surface area contributed by atoms with E-state index >= 15 is 0 Å². The molecule has 0 unspecified atom stereocenters. The minimum Gasteiger partial charge on any atom is -0.381 e. The number of hydrogen-bond acceptors (Lipinski definition) is 2. The predicted octanol–water partition coefficient (Wildman–Crippen LogP) is 2.58. The lowest BCUT2D eigenvalue weighted by Crippen LogP contribution is -2.31. The van der Waals surface area contributed by atoms with E-state index in [0.29, 0.717) is 12.1 Å². The first-order valence-corrected chi connectivity index (χ1v) is 6.00. The Labute approximate surface area is 88.4 Å². The standard InChI is InChI=1S/C12H25NO/c1-10(2)13-9-8-11-6-4-5-7-12(11)14-3/h10-13H,4-9H2,1-3H3/t11-,12-/m1/s1. The van der Waals surface area contributed by atoms with Crippen molar-refractivity contribution in [2.75, 3.05) is 13.7 Å². The van der Waals surface area contributed by atoms with Gasteiger partial charge in [0.15, 0.2) is 0 Å². The van der Waals surface area contributed by atoms with E-state index in [1.807, 2.05) is 7.11 Å². The van der Waals surface area contributed by atoms with E-state index in [-0.39, 0.29) is 0 Å². The van der Waals surface area contributed by atoms with Crippen LogP contribution < -0.4 is 5.32 Å². The molecule has 2 heteroatoms. The van der Waals surface area contributed by atoms with E-state index in [2.05, 4.69) is 19.2 Å². The van der Waals surface area contributed by atoms with Gasteiger partial charge < -0.3 is 10.1 Å². The molecule has 2 atom stereocenters. The van der Waals surface area contributed by atoms with Gasteiger partial charge in [0, 0.05) is 13.2 Å². The number of hydrogen-bond donors (Lipinski definition) is 1. The van der Waals surface area contributed by atoms with E-state index in [1.165, 1.54) is 32.1 Å². The molecule has 1 saturated carbocycles. The molecule has 1 N–H and O–H groups in total. The monoisotopic (exact) mass is 199 g/mol. The minimum atomic E-state index is 0.526. The highest BCUT2D eigenvalue weighted by Crippen LogP contribution is 2.28. The summed E-state index contributed by atoms with van der Waals surface area (Å²) in [5, 5.41) is 3.48. The maximum Gasteiger partial charge on any atom is 0.0600 e. The van der Waals surface area contributed by atoms with Crippen molar-refractivity contribution in [2.24, 2.45) is 5.92 Å². The lowest BCUT2D eigenvalue weighted by molar-refractivity contribution is 0.0204. The SMILES string of the molecule is CO[C@@H]1CCCC[C@@H]1CCNC(C)C. The van der Waals surface area contributed by atoms with Crippen LogP contribution in [-0.2, 0) is 4.74 Å². The molecule has 0 aliphatic heterocycles. The van der Waals surface area contributed by atoms with Crippen molar-refractivity contribution in [3.8, 4) is 0 Å². The van der Waals surface area contributed by atoms with Crippen LogP contribution in [0.1, 0.15) is 46.0 Å². The Morgan fingerprint density at radius 3 is 2.64 bits per heavy atom. The van der Waals surface area contributed by atoms with Gasteiger partial charge in [0.25, 0.3) is 0 Å². The Bertz CT molecular complexity index is 147. The molecule has 2 nitrogen and oxygen atoms in total. The van der Waals surface area contributed by atoms with Gasteiger partial charge >= 0.3 is 0 Å². The molecule has 0 aromatic heterocycles. The lowest BCUT2D eigenvalue weighted by Gasteiger charge is -2.30. The first-order chi connectivity index (χ1) is 6.74. The maximum absolute atomic E-state index is 5.53. The highest BCUT2D eigenvalue weighted by Gasteiger charge is 2.24. The number of ether oxygens (including phenoxy) is 1. The summed E-state index contributed by atoms with van der Waals surface area (Å²) in [7, 11) is 1.86. The van der Waals surface area contributed by atoms with Crippen LogP contribution >= 0.6 is 0 Å². The van der Waals surface area contributed by atoms with Crippen LogP contribution in [0.3, 0.4) is 0 Å². The molecule has 1 aliphatic rings. The van der Waals surface area contributed by atoms with E-state index in [9.17, 15) is 0 Å². The first kappa shape index (κ1) is 12.0. The second-order valence-corrected chi connectivity index (χ2v) is 4.72. The van der Waals surface area contributed by atoms with Crippen LogP contribution in [0.25, 0.3) is 0 Å². The lowest BCUT2D eigenvalue weighted by atomic mass is 9.84. The second kappa shape index (κ2) is 6.41. The van der Waals surface area contributed by atoms with Crippen molar-refractivity contribution in [3.05, 3.63) is 0 Å². The molecule has 0 radical (unpaired) electrons. The smallest absolute Gasteiger partial charge is 0.0600 e. The molecular weight excluding hydrogens is 174 g/mol. The third kappa shape index (κ3) is 3.97. The van der Waals surface area contributed by atoms with Crippen LogP contribution in [0, 0.1) is 5.92 Å². The van der Waals surface area contributed by atoms with Crippen molar-refractivity contribution in [1.29, 1.82) is 0 Å². The average Bonchev–Trinajstić information content (AvgIpc) is 2.18. The Kier molecular flexibility index (Phi) is 5.49. The maximum atomic E-state index is 5.53. The van der Waals surface area contributed by atoms with Gasteiger partial charge in [-0.2, -0.15) is 0 Å². The fourth-order valence-electron chi connectivity index (χ4n) is 2.37. The molecular formula is C12H25NO. The summed E-state index contributed by atoms with van der Waals surface area (Å²) in [5.41, 5.74) is 0. The highest BCUT2D eigenvalue weighted by atomic mass is 16.5. The molecule has 14 heavy (non-hydrogen) atoms. The van der Waals surface area contributed by atoms with Crippen LogP contribution in [0.4, 0.5) is 0 Å². The van der Waals surface area contributed by atoms with Gasteiger partial charge in [-0.3, -0.25) is 0 Å². The summed E-state index contributed by atoms with van der Waals surface area (Å²) < 4.78 is 5.53. The number of nitrogens with one attached hydrogen (secondary N) is 1. The van der Waals surface area contributed by atoms with Crippen LogP contribution in [-0.4, -0.2) is 25.8 Å². The molecule has 0 aromatic carbocycles. The van der Waals surface area contributed by atoms with Crippen LogP contribution in [0.15, 0.2) is 0 Å². The van der Waals surface area contributed by atoms with Crippen LogP contribution in [0.2, 0.25) is 0 Å².